The van der Waals surface area contributed by atoms with Crippen LogP contribution < -0.4 is 20.9 Å². The molecule has 1 saturated heterocycles. The van der Waals surface area contributed by atoms with Crippen LogP contribution >= 0.6 is 11.6 Å². The number of halogens is 1. The van der Waals surface area contributed by atoms with E-state index in [1.54, 1.807) is 18.2 Å². The number of carbonyl (C=O) groups is 3. The summed E-state index contributed by atoms with van der Waals surface area (Å²) in [5.41, 5.74) is 1.31. The fourth-order valence-electron chi connectivity index (χ4n) is 2.55. The number of amides is 3. The first-order valence-corrected chi connectivity index (χ1v) is 8.29. The third-order valence-corrected chi connectivity index (χ3v) is 4.28. The summed E-state index contributed by atoms with van der Waals surface area (Å²) in [5.74, 6) is -0.332. The van der Waals surface area contributed by atoms with Crippen LogP contribution in [0.15, 0.2) is 18.2 Å². The Balaban J connectivity index is 1.56. The minimum absolute atomic E-state index is 0.0406. The summed E-state index contributed by atoms with van der Waals surface area (Å²) < 4.78 is 0. The topological polar surface area (TPSA) is 90.5 Å². The van der Waals surface area contributed by atoms with E-state index in [2.05, 4.69) is 16.0 Å². The van der Waals surface area contributed by atoms with E-state index in [4.69, 9.17) is 11.6 Å². The molecule has 1 aromatic rings. The number of nitrogens with zero attached hydrogens (tertiary/aromatic N) is 1. The molecule has 3 rings (SSSR count). The van der Waals surface area contributed by atoms with Crippen molar-refractivity contribution < 1.29 is 14.4 Å². The molecule has 128 valence electrons. The van der Waals surface area contributed by atoms with Gasteiger partial charge < -0.3 is 20.9 Å². The van der Waals surface area contributed by atoms with Gasteiger partial charge in [-0.25, -0.2) is 0 Å². The molecule has 1 aliphatic carbocycles. The summed E-state index contributed by atoms with van der Waals surface area (Å²) in [7, 11) is 0. The van der Waals surface area contributed by atoms with Crippen molar-refractivity contribution in [1.82, 2.24) is 10.6 Å². The predicted octanol–water partition coefficient (Wildman–Crippen LogP) is 0.741. The smallest absolute Gasteiger partial charge is 0.243 e. The normalized spacial score (nSPS) is 17.2. The first kappa shape index (κ1) is 16.6. The molecule has 1 saturated carbocycles. The zero-order valence-corrected chi connectivity index (χ0v) is 13.9. The second kappa shape index (κ2) is 7.09. The number of hydrogen-bond donors (Lipinski definition) is 3. The molecule has 1 aromatic carbocycles. The number of nitrogens with one attached hydrogen (secondary N) is 3. The summed E-state index contributed by atoms with van der Waals surface area (Å²) in [6, 6.07) is 5.15. The van der Waals surface area contributed by atoms with Gasteiger partial charge in [0.05, 0.1) is 23.8 Å². The highest BCUT2D eigenvalue weighted by molar-refractivity contribution is 6.33. The Kier molecular flexibility index (Phi) is 4.89. The summed E-state index contributed by atoms with van der Waals surface area (Å²) >= 11 is 6.28. The molecular formula is C16H19ClN4O3. The van der Waals surface area contributed by atoms with Gasteiger partial charge in [-0.2, -0.15) is 0 Å². The molecule has 24 heavy (non-hydrogen) atoms. The molecule has 0 unspecified atom stereocenters. The maximum atomic E-state index is 11.9. The molecule has 0 atom stereocenters. The lowest BCUT2D eigenvalue weighted by atomic mass is 10.2. The van der Waals surface area contributed by atoms with Gasteiger partial charge in [0.15, 0.2) is 0 Å². The molecule has 1 aliphatic heterocycles. The highest BCUT2D eigenvalue weighted by Gasteiger charge is 2.29. The van der Waals surface area contributed by atoms with Crippen LogP contribution in [0.3, 0.4) is 0 Å². The second-order valence-corrected chi connectivity index (χ2v) is 6.39. The standard InChI is InChI=1S/C16H19ClN4O3/c17-12-7-11(20-14(22)8-19-16(24)10-1-2-10)3-4-13(12)21-6-5-18-15(23)9-21/h3-4,7,10H,1-2,5-6,8-9H2,(H,18,23)(H,19,24)(H,20,22). The van der Waals surface area contributed by atoms with Gasteiger partial charge in [0.1, 0.15) is 0 Å². The Morgan fingerprint density at radius 1 is 1.33 bits per heavy atom. The minimum atomic E-state index is -0.301. The number of anilines is 2. The predicted molar refractivity (Wildman–Crippen MR) is 91.0 cm³/mol. The SMILES string of the molecule is O=C1CN(c2ccc(NC(=O)CNC(=O)C3CC3)cc2Cl)CCN1. The Morgan fingerprint density at radius 2 is 2.12 bits per heavy atom. The van der Waals surface area contributed by atoms with Gasteiger partial charge >= 0.3 is 0 Å². The van der Waals surface area contributed by atoms with Crippen LogP contribution in [0.25, 0.3) is 0 Å². The first-order chi connectivity index (χ1) is 11.5. The second-order valence-electron chi connectivity index (χ2n) is 5.98. The van der Waals surface area contributed by atoms with E-state index < -0.39 is 0 Å². The average molecular weight is 351 g/mol. The van der Waals surface area contributed by atoms with Crippen molar-refractivity contribution in [2.24, 2.45) is 5.92 Å². The van der Waals surface area contributed by atoms with E-state index in [1.807, 2.05) is 4.90 Å². The van der Waals surface area contributed by atoms with E-state index in [0.717, 1.165) is 18.5 Å². The molecule has 8 heteroatoms. The van der Waals surface area contributed by atoms with Crippen molar-refractivity contribution in [2.45, 2.75) is 12.8 Å². The molecule has 2 aliphatic rings. The number of hydrogen-bond acceptors (Lipinski definition) is 4. The molecule has 0 aromatic heterocycles. The first-order valence-electron chi connectivity index (χ1n) is 7.91. The summed E-state index contributed by atoms with van der Waals surface area (Å²) in [6.07, 6.45) is 1.80. The number of carbonyl (C=O) groups excluding carboxylic acids is 3. The molecular weight excluding hydrogens is 332 g/mol. The third kappa shape index (κ3) is 4.17. The van der Waals surface area contributed by atoms with Crippen molar-refractivity contribution in [3.63, 3.8) is 0 Å². The van der Waals surface area contributed by atoms with Crippen molar-refractivity contribution in [1.29, 1.82) is 0 Å². The summed E-state index contributed by atoms with van der Waals surface area (Å²) in [5, 5.41) is 8.53. The van der Waals surface area contributed by atoms with Crippen LogP contribution in [-0.2, 0) is 14.4 Å². The molecule has 1 heterocycles. The monoisotopic (exact) mass is 350 g/mol. The van der Waals surface area contributed by atoms with Gasteiger partial charge in [-0.3, -0.25) is 14.4 Å². The van der Waals surface area contributed by atoms with Crippen molar-refractivity contribution in [2.75, 3.05) is 36.4 Å². The Morgan fingerprint density at radius 3 is 2.79 bits per heavy atom. The zero-order valence-electron chi connectivity index (χ0n) is 13.1. The fourth-order valence-corrected chi connectivity index (χ4v) is 2.85. The third-order valence-electron chi connectivity index (χ3n) is 3.98. The van der Waals surface area contributed by atoms with E-state index in [0.29, 0.717) is 23.8 Å². The van der Waals surface area contributed by atoms with E-state index in [1.165, 1.54) is 0 Å². The lowest BCUT2D eigenvalue weighted by molar-refractivity contribution is -0.125. The largest absolute Gasteiger partial charge is 0.359 e. The average Bonchev–Trinajstić information content (AvgIpc) is 3.37. The Hall–Kier alpha value is -2.28. The molecule has 7 nitrogen and oxygen atoms in total. The van der Waals surface area contributed by atoms with Crippen LogP contribution in [0, 0.1) is 5.92 Å². The maximum Gasteiger partial charge on any atom is 0.243 e. The Labute approximate surface area is 144 Å². The van der Waals surface area contributed by atoms with Gasteiger partial charge in [-0.05, 0) is 31.0 Å². The van der Waals surface area contributed by atoms with Gasteiger partial charge in [-0.15, -0.1) is 0 Å². The van der Waals surface area contributed by atoms with E-state index in [9.17, 15) is 14.4 Å². The highest BCUT2D eigenvalue weighted by atomic mass is 35.5. The molecule has 0 bridgehead atoms. The van der Waals surface area contributed by atoms with Crippen molar-refractivity contribution in [3.05, 3.63) is 23.2 Å². The highest BCUT2D eigenvalue weighted by Crippen LogP contribution is 2.29. The van der Waals surface area contributed by atoms with E-state index in [-0.39, 0.29) is 36.7 Å². The Bertz CT molecular complexity index is 675. The maximum absolute atomic E-state index is 11.9. The number of rotatable bonds is 5. The van der Waals surface area contributed by atoms with Gasteiger partial charge in [0.2, 0.25) is 17.7 Å². The van der Waals surface area contributed by atoms with Crippen LogP contribution in [-0.4, -0.2) is 43.9 Å². The quantitative estimate of drug-likeness (QED) is 0.730. The molecule has 0 radical (unpaired) electrons. The van der Waals surface area contributed by atoms with Crippen LogP contribution in [0.4, 0.5) is 11.4 Å². The van der Waals surface area contributed by atoms with Gasteiger partial charge in [0, 0.05) is 24.7 Å². The molecule has 2 fully saturated rings. The minimum Gasteiger partial charge on any atom is -0.359 e. The lowest BCUT2D eigenvalue weighted by Crippen LogP contribution is -2.47. The molecule has 0 spiro atoms. The molecule has 3 N–H and O–H groups in total. The van der Waals surface area contributed by atoms with Crippen LogP contribution in [0.5, 0.6) is 0 Å². The van der Waals surface area contributed by atoms with Crippen molar-refractivity contribution in [3.8, 4) is 0 Å². The molecule has 3 amide bonds. The number of piperazine rings is 1. The van der Waals surface area contributed by atoms with E-state index >= 15 is 0 Å². The summed E-state index contributed by atoms with van der Waals surface area (Å²) in [4.78, 5) is 36.7. The lowest BCUT2D eigenvalue weighted by Gasteiger charge is -2.29. The number of benzene rings is 1. The summed E-state index contributed by atoms with van der Waals surface area (Å²) in [6.45, 7) is 1.47. The van der Waals surface area contributed by atoms with Gasteiger partial charge in [0.25, 0.3) is 0 Å². The van der Waals surface area contributed by atoms with Crippen LogP contribution in [0.1, 0.15) is 12.8 Å². The van der Waals surface area contributed by atoms with Gasteiger partial charge in [-0.1, -0.05) is 11.6 Å². The van der Waals surface area contributed by atoms with Crippen LogP contribution in [0.2, 0.25) is 5.02 Å². The fraction of sp³-hybridized carbons (Fsp3) is 0.438. The van der Waals surface area contributed by atoms with Crippen molar-refractivity contribution >= 4 is 40.7 Å². The zero-order chi connectivity index (χ0) is 17.1.